The van der Waals surface area contributed by atoms with Gasteiger partial charge in [0.05, 0.1) is 19.1 Å². The molecule has 0 heterocycles. The summed E-state index contributed by atoms with van der Waals surface area (Å²) in [6.45, 7) is 0. The van der Waals surface area contributed by atoms with Crippen molar-refractivity contribution >= 4 is 5.97 Å². The number of carbonyl (C=O) groups is 1. The van der Waals surface area contributed by atoms with Gasteiger partial charge in [-0.15, -0.1) is 0 Å². The molecule has 0 saturated heterocycles. The zero-order chi connectivity index (χ0) is 10.1. The lowest BCUT2D eigenvalue weighted by Gasteiger charge is -2.45. The molecule has 0 aromatic rings. The molecule has 14 heavy (non-hydrogen) atoms. The van der Waals surface area contributed by atoms with Crippen LogP contribution < -0.4 is 0 Å². The molecule has 3 heteroatoms. The zero-order valence-electron chi connectivity index (χ0n) is 8.86. The van der Waals surface area contributed by atoms with E-state index in [0.717, 1.165) is 12.8 Å². The number of rotatable bonds is 2. The minimum Gasteiger partial charge on any atom is -0.469 e. The van der Waals surface area contributed by atoms with Crippen molar-refractivity contribution in [1.29, 1.82) is 0 Å². The quantitative estimate of drug-likeness (QED) is 0.632. The molecular weight excluding hydrogens is 180 g/mol. The van der Waals surface area contributed by atoms with Crippen molar-refractivity contribution in [2.45, 2.75) is 31.8 Å². The highest BCUT2D eigenvalue weighted by atomic mass is 16.5. The fourth-order valence-corrected chi connectivity index (χ4v) is 3.11. The van der Waals surface area contributed by atoms with Crippen molar-refractivity contribution in [2.75, 3.05) is 14.2 Å². The van der Waals surface area contributed by atoms with Gasteiger partial charge < -0.3 is 9.47 Å². The number of hydrogen-bond acceptors (Lipinski definition) is 3. The molecule has 3 aliphatic carbocycles. The monoisotopic (exact) mass is 198 g/mol. The zero-order valence-corrected chi connectivity index (χ0v) is 8.86. The Morgan fingerprint density at radius 1 is 1.14 bits per heavy atom. The van der Waals surface area contributed by atoms with Crippen molar-refractivity contribution in [3.8, 4) is 0 Å². The molecule has 3 aliphatic rings. The smallest absolute Gasteiger partial charge is 0.308 e. The Morgan fingerprint density at radius 3 is 2.36 bits per heavy atom. The van der Waals surface area contributed by atoms with Crippen molar-refractivity contribution in [3.63, 3.8) is 0 Å². The van der Waals surface area contributed by atoms with E-state index in [0.29, 0.717) is 17.9 Å². The molecule has 0 amide bonds. The lowest BCUT2D eigenvalue weighted by Crippen LogP contribution is -2.44. The molecule has 3 nitrogen and oxygen atoms in total. The van der Waals surface area contributed by atoms with Crippen LogP contribution in [0.3, 0.4) is 0 Å². The van der Waals surface area contributed by atoms with E-state index in [9.17, 15) is 4.79 Å². The van der Waals surface area contributed by atoms with Crippen LogP contribution in [-0.4, -0.2) is 26.3 Å². The van der Waals surface area contributed by atoms with Crippen molar-refractivity contribution < 1.29 is 14.3 Å². The van der Waals surface area contributed by atoms with Crippen LogP contribution in [-0.2, 0) is 14.3 Å². The number of hydrogen-bond donors (Lipinski definition) is 0. The van der Waals surface area contributed by atoms with E-state index in [-0.39, 0.29) is 11.9 Å². The molecule has 3 fully saturated rings. The summed E-state index contributed by atoms with van der Waals surface area (Å²) in [6.07, 6.45) is 4.78. The summed E-state index contributed by atoms with van der Waals surface area (Å²) in [6, 6.07) is 0. The van der Waals surface area contributed by atoms with Crippen molar-refractivity contribution in [1.82, 2.24) is 0 Å². The van der Waals surface area contributed by atoms with Crippen LogP contribution in [0.15, 0.2) is 0 Å². The lowest BCUT2D eigenvalue weighted by molar-refractivity contribution is -0.155. The molecular formula is C11H18O3. The highest BCUT2D eigenvalue weighted by molar-refractivity contribution is 5.73. The van der Waals surface area contributed by atoms with Crippen LogP contribution in [0.4, 0.5) is 0 Å². The number of fused-ring (bicyclic) bond motifs is 3. The minimum absolute atomic E-state index is 0.0192. The fourth-order valence-electron chi connectivity index (χ4n) is 3.11. The van der Waals surface area contributed by atoms with Gasteiger partial charge in [-0.3, -0.25) is 4.79 Å². The number of methoxy groups -OCH3 is 2. The first kappa shape index (κ1) is 9.97. The summed E-state index contributed by atoms with van der Waals surface area (Å²) < 4.78 is 10.3. The number of esters is 1. The molecule has 3 rings (SSSR count). The molecule has 0 aliphatic heterocycles. The van der Waals surface area contributed by atoms with Gasteiger partial charge in [0.1, 0.15) is 0 Å². The van der Waals surface area contributed by atoms with Gasteiger partial charge >= 0.3 is 5.97 Å². The second-order valence-electron chi connectivity index (χ2n) is 4.47. The topological polar surface area (TPSA) is 35.5 Å². The van der Waals surface area contributed by atoms with Gasteiger partial charge in [0.25, 0.3) is 0 Å². The second-order valence-corrected chi connectivity index (χ2v) is 4.47. The van der Waals surface area contributed by atoms with Gasteiger partial charge in [-0.2, -0.15) is 0 Å². The third-order valence-electron chi connectivity index (χ3n) is 3.90. The van der Waals surface area contributed by atoms with Crippen molar-refractivity contribution in [2.24, 2.45) is 17.8 Å². The van der Waals surface area contributed by atoms with Crippen LogP contribution in [0.1, 0.15) is 25.7 Å². The Hall–Kier alpha value is -0.570. The highest BCUT2D eigenvalue weighted by Gasteiger charge is 2.45. The normalized spacial score (nSPS) is 41.0. The maximum Gasteiger partial charge on any atom is 0.308 e. The molecule has 3 saturated carbocycles. The Kier molecular flexibility index (Phi) is 2.77. The number of ether oxygens (including phenoxy) is 2. The van der Waals surface area contributed by atoms with E-state index in [4.69, 9.17) is 9.47 Å². The third-order valence-corrected chi connectivity index (χ3v) is 3.90. The standard InChI is InChI=1S/C11H18O3/c1-13-10-6-7-3-4-8(10)5-9(7)11(12)14-2/h7-10H,3-6H2,1-2H3/t7-,8+,9-,10-/m0/s1. The molecule has 0 aromatic heterocycles. The first-order chi connectivity index (χ1) is 6.76. The summed E-state index contributed by atoms with van der Waals surface area (Å²) in [5.41, 5.74) is 0. The predicted octanol–water partition coefficient (Wildman–Crippen LogP) is 1.61. The summed E-state index contributed by atoms with van der Waals surface area (Å²) in [5.74, 6) is 1.20. The van der Waals surface area contributed by atoms with E-state index in [2.05, 4.69) is 0 Å². The molecule has 0 N–H and O–H groups in total. The van der Waals surface area contributed by atoms with Crippen LogP contribution in [0.25, 0.3) is 0 Å². The van der Waals surface area contributed by atoms with Gasteiger partial charge in [0.2, 0.25) is 0 Å². The molecule has 2 bridgehead atoms. The Morgan fingerprint density at radius 2 is 1.86 bits per heavy atom. The Balaban J connectivity index is 2.04. The van der Waals surface area contributed by atoms with E-state index in [1.165, 1.54) is 20.0 Å². The summed E-state index contributed by atoms with van der Waals surface area (Å²) >= 11 is 0. The maximum atomic E-state index is 11.5. The Labute approximate surface area is 84.8 Å². The second kappa shape index (κ2) is 3.89. The van der Waals surface area contributed by atoms with Gasteiger partial charge in [0, 0.05) is 7.11 Å². The molecule has 0 aromatic carbocycles. The summed E-state index contributed by atoms with van der Waals surface area (Å²) in [7, 11) is 3.26. The van der Waals surface area contributed by atoms with Gasteiger partial charge in [-0.25, -0.2) is 0 Å². The maximum absolute atomic E-state index is 11.5. The first-order valence-corrected chi connectivity index (χ1v) is 5.37. The minimum atomic E-state index is -0.0192. The third kappa shape index (κ3) is 1.54. The van der Waals surface area contributed by atoms with Crippen LogP contribution in [0.2, 0.25) is 0 Å². The van der Waals surface area contributed by atoms with Gasteiger partial charge in [-0.1, -0.05) is 0 Å². The van der Waals surface area contributed by atoms with E-state index < -0.39 is 0 Å². The van der Waals surface area contributed by atoms with E-state index >= 15 is 0 Å². The van der Waals surface area contributed by atoms with E-state index in [1.54, 1.807) is 7.11 Å². The van der Waals surface area contributed by atoms with Gasteiger partial charge in [0.15, 0.2) is 0 Å². The number of carbonyl (C=O) groups excluding carboxylic acids is 1. The lowest BCUT2D eigenvalue weighted by atomic mass is 9.63. The average Bonchev–Trinajstić information content (AvgIpc) is 2.28. The molecule has 80 valence electrons. The van der Waals surface area contributed by atoms with Crippen molar-refractivity contribution in [3.05, 3.63) is 0 Å². The predicted molar refractivity (Wildman–Crippen MR) is 51.8 cm³/mol. The van der Waals surface area contributed by atoms with E-state index in [1.807, 2.05) is 0 Å². The largest absolute Gasteiger partial charge is 0.469 e. The van der Waals surface area contributed by atoms with Crippen LogP contribution >= 0.6 is 0 Å². The molecule has 0 radical (unpaired) electrons. The highest BCUT2D eigenvalue weighted by Crippen LogP contribution is 2.46. The molecule has 0 spiro atoms. The fraction of sp³-hybridized carbons (Fsp3) is 0.909. The summed E-state index contributed by atoms with van der Waals surface area (Å²) in [5, 5.41) is 0. The van der Waals surface area contributed by atoms with Gasteiger partial charge in [-0.05, 0) is 37.5 Å². The van der Waals surface area contributed by atoms with Crippen LogP contribution in [0, 0.1) is 17.8 Å². The summed E-state index contributed by atoms with van der Waals surface area (Å²) in [4.78, 5) is 11.5. The first-order valence-electron chi connectivity index (χ1n) is 5.37. The van der Waals surface area contributed by atoms with Crippen LogP contribution in [0.5, 0.6) is 0 Å². The molecule has 4 atom stereocenters. The average molecular weight is 198 g/mol. The molecule has 0 unspecified atom stereocenters. The SMILES string of the molecule is COC(=O)[C@H]1C[C@H]2CC[C@H]1C[C@@H]2OC. The Bertz CT molecular complexity index is 227.